The molecule has 0 fully saturated rings. The van der Waals surface area contributed by atoms with E-state index in [1.54, 1.807) is 18.2 Å². The van der Waals surface area contributed by atoms with Crippen molar-refractivity contribution < 1.29 is 46.7 Å². The summed E-state index contributed by atoms with van der Waals surface area (Å²) in [5.74, 6) is 0.125. The maximum Gasteiger partial charge on any atom is 1.00 e. The number of benzene rings is 1. The van der Waals surface area contributed by atoms with Gasteiger partial charge < -0.3 is 1.43 Å². The van der Waals surface area contributed by atoms with Crippen LogP contribution in [0, 0.1) is 0 Å². The van der Waals surface area contributed by atoms with Gasteiger partial charge in [0.2, 0.25) is 0 Å². The van der Waals surface area contributed by atoms with Gasteiger partial charge in [0.05, 0.1) is 0 Å². The second-order valence-electron chi connectivity index (χ2n) is 1.82. The van der Waals surface area contributed by atoms with E-state index in [0.29, 0.717) is 0 Å². The third kappa shape index (κ3) is 4.87. The van der Waals surface area contributed by atoms with E-state index < -0.39 is 13.4 Å². The van der Waals surface area contributed by atoms with Gasteiger partial charge in [-0.05, 0) is 0 Å². The molecular formula is C6H7NaO4Se. The van der Waals surface area contributed by atoms with Crippen LogP contribution in [0.25, 0.3) is 0 Å². The van der Waals surface area contributed by atoms with E-state index in [1.807, 2.05) is 0 Å². The molecule has 0 radical (unpaired) electrons. The van der Waals surface area contributed by atoms with Crippen molar-refractivity contribution in [2.75, 3.05) is 0 Å². The predicted octanol–water partition coefficient (Wildman–Crippen LogP) is -2.53. The molecule has 6 heteroatoms. The predicted molar refractivity (Wildman–Crippen MR) is 37.5 cm³/mol. The van der Waals surface area contributed by atoms with Gasteiger partial charge in [0.15, 0.2) is 0 Å². The molecule has 0 unspecified atom stereocenters. The van der Waals surface area contributed by atoms with Crippen molar-refractivity contribution in [2.24, 2.45) is 0 Å². The average molecular weight is 245 g/mol. The van der Waals surface area contributed by atoms with Crippen molar-refractivity contribution >= 4 is 13.4 Å². The summed E-state index contributed by atoms with van der Waals surface area (Å²) < 4.78 is 32.9. The number of para-hydroxylation sites is 1. The molecule has 0 heterocycles. The van der Waals surface area contributed by atoms with E-state index in [0.717, 1.165) is 0 Å². The summed E-state index contributed by atoms with van der Waals surface area (Å²) in [6, 6.07) is 7.82. The smallest absolute Gasteiger partial charge is 1.00 e. The summed E-state index contributed by atoms with van der Waals surface area (Å²) in [5.41, 5.74) is 0. The van der Waals surface area contributed by atoms with Gasteiger partial charge in [0.25, 0.3) is 0 Å². The standard InChI is InChI=1S/C6H6O4Se.Na.H/c7-11(8,9)10-6-4-2-1-3-5-6;;/h1-5H,(H,7,8,9);;/q;+1;-1. The summed E-state index contributed by atoms with van der Waals surface area (Å²) in [7, 11) is 0. The van der Waals surface area contributed by atoms with Crippen LogP contribution in [0.1, 0.15) is 1.43 Å². The fraction of sp³-hybridized carbons (Fsp3) is 0. The third-order valence-electron chi connectivity index (χ3n) is 0.945. The quantitative estimate of drug-likeness (QED) is 0.584. The normalized spacial score (nSPS) is 10.1. The van der Waals surface area contributed by atoms with E-state index in [9.17, 15) is 7.67 Å². The molecule has 1 N–H and O–H groups in total. The van der Waals surface area contributed by atoms with Gasteiger partial charge in [0, 0.05) is 0 Å². The van der Waals surface area contributed by atoms with Crippen LogP contribution in [0.3, 0.4) is 0 Å². The molecule has 0 aliphatic rings. The Kier molecular flexibility index (Phi) is 5.01. The maximum absolute atomic E-state index is 10.2. The first kappa shape index (κ1) is 12.1. The van der Waals surface area contributed by atoms with Gasteiger partial charge in [-0.3, -0.25) is 0 Å². The van der Waals surface area contributed by atoms with Crippen molar-refractivity contribution in [3.8, 4) is 5.75 Å². The molecule has 62 valence electrons. The summed E-state index contributed by atoms with van der Waals surface area (Å²) in [4.78, 5) is 0. The summed E-state index contributed by atoms with van der Waals surface area (Å²) in [6.07, 6.45) is 0. The van der Waals surface area contributed by atoms with Gasteiger partial charge in [-0.2, -0.15) is 0 Å². The van der Waals surface area contributed by atoms with Crippen molar-refractivity contribution in [2.45, 2.75) is 0 Å². The zero-order valence-corrected chi connectivity index (χ0v) is 10.2. The first-order valence-corrected chi connectivity index (χ1v) is 5.66. The third-order valence-corrected chi connectivity index (χ3v) is 1.79. The van der Waals surface area contributed by atoms with Gasteiger partial charge in [0.1, 0.15) is 0 Å². The SMILES string of the molecule is O=[Se](=O)(O)Oc1ccccc1.[H-].[Na+]. The Morgan fingerprint density at radius 2 is 1.75 bits per heavy atom. The largest absolute Gasteiger partial charge is 1.00 e. The number of rotatable bonds is 2. The van der Waals surface area contributed by atoms with Crippen LogP contribution in [0.4, 0.5) is 0 Å². The first-order valence-electron chi connectivity index (χ1n) is 2.80. The molecule has 12 heavy (non-hydrogen) atoms. The Morgan fingerprint density at radius 3 is 2.17 bits per heavy atom. The second kappa shape index (κ2) is 4.97. The number of hydrogen-bond donors (Lipinski definition) is 1. The van der Waals surface area contributed by atoms with Crippen LogP contribution in [0.5, 0.6) is 5.75 Å². The van der Waals surface area contributed by atoms with E-state index in [-0.39, 0.29) is 36.7 Å². The Hall–Kier alpha value is 0.0995. The van der Waals surface area contributed by atoms with Crippen molar-refractivity contribution in [1.82, 2.24) is 0 Å². The molecule has 1 aromatic rings. The van der Waals surface area contributed by atoms with Crippen LogP contribution in [0.2, 0.25) is 0 Å². The molecule has 0 atom stereocenters. The van der Waals surface area contributed by atoms with Crippen LogP contribution in [-0.2, 0) is 7.67 Å². The fourth-order valence-electron chi connectivity index (χ4n) is 0.598. The summed E-state index contributed by atoms with van der Waals surface area (Å²) in [6.45, 7) is 0. The molecule has 1 rings (SSSR count). The molecule has 0 aliphatic carbocycles. The van der Waals surface area contributed by atoms with Crippen molar-refractivity contribution in [3.63, 3.8) is 0 Å². The molecule has 0 saturated heterocycles. The molecule has 0 bridgehead atoms. The first-order chi connectivity index (χ1) is 5.08. The molecule has 0 saturated carbocycles. The van der Waals surface area contributed by atoms with E-state index in [1.165, 1.54) is 12.1 Å². The van der Waals surface area contributed by atoms with Crippen LogP contribution >= 0.6 is 0 Å². The molecular weight excluding hydrogens is 238 g/mol. The van der Waals surface area contributed by atoms with Gasteiger partial charge in [-0.25, -0.2) is 0 Å². The summed E-state index contributed by atoms with van der Waals surface area (Å²) >= 11 is -5.06. The van der Waals surface area contributed by atoms with Gasteiger partial charge in [-0.15, -0.1) is 0 Å². The van der Waals surface area contributed by atoms with Crippen molar-refractivity contribution in [1.29, 1.82) is 0 Å². The van der Waals surface area contributed by atoms with Gasteiger partial charge in [-0.1, -0.05) is 0 Å². The Balaban J connectivity index is 0. The van der Waals surface area contributed by atoms with E-state index in [4.69, 9.17) is 4.19 Å². The molecule has 1 aromatic carbocycles. The molecule has 0 amide bonds. The van der Waals surface area contributed by atoms with Gasteiger partial charge >= 0.3 is 94.7 Å². The Labute approximate surface area is 95.6 Å². The molecule has 0 aromatic heterocycles. The number of hydrogen-bond acceptors (Lipinski definition) is 3. The minimum atomic E-state index is -5.06. The van der Waals surface area contributed by atoms with E-state index >= 15 is 0 Å². The fourth-order valence-corrected chi connectivity index (χ4v) is 1.34. The van der Waals surface area contributed by atoms with Crippen molar-refractivity contribution in [3.05, 3.63) is 30.3 Å². The minimum absolute atomic E-state index is 0. The zero-order chi connectivity index (χ0) is 8.32. The van der Waals surface area contributed by atoms with Crippen LogP contribution in [-0.4, -0.2) is 17.6 Å². The van der Waals surface area contributed by atoms with Crippen LogP contribution < -0.4 is 33.4 Å². The minimum Gasteiger partial charge on any atom is -1.00 e. The molecule has 0 aliphatic heterocycles. The van der Waals surface area contributed by atoms with E-state index in [2.05, 4.69) is 3.82 Å². The second-order valence-corrected chi connectivity index (χ2v) is 3.97. The maximum atomic E-state index is 10.2. The average Bonchev–Trinajstić information content (AvgIpc) is 1.85. The zero-order valence-electron chi connectivity index (χ0n) is 7.47. The molecule has 4 nitrogen and oxygen atoms in total. The topological polar surface area (TPSA) is 63.6 Å². The monoisotopic (exact) mass is 246 g/mol. The Morgan fingerprint density at radius 1 is 1.25 bits per heavy atom. The molecule has 0 spiro atoms. The summed E-state index contributed by atoms with van der Waals surface area (Å²) in [5, 5.41) is 0. The van der Waals surface area contributed by atoms with Crippen LogP contribution in [0.15, 0.2) is 30.3 Å². The Bertz CT molecular complexity index is 326.